The van der Waals surface area contributed by atoms with Crippen molar-refractivity contribution in [2.45, 2.75) is 6.42 Å². The Labute approximate surface area is 90.3 Å². The second kappa shape index (κ2) is 3.87. The molecule has 0 radical (unpaired) electrons. The van der Waals surface area contributed by atoms with E-state index in [2.05, 4.69) is 0 Å². The van der Waals surface area contributed by atoms with Gasteiger partial charge in [-0.1, -0.05) is 18.2 Å². The van der Waals surface area contributed by atoms with Gasteiger partial charge in [0.1, 0.15) is 5.58 Å². The highest BCUT2D eigenvalue weighted by molar-refractivity contribution is 6.63. The van der Waals surface area contributed by atoms with Gasteiger partial charge in [0.2, 0.25) is 5.24 Å². The van der Waals surface area contributed by atoms with E-state index < -0.39 is 10.9 Å². The molecule has 76 valence electrons. The van der Waals surface area contributed by atoms with Crippen LogP contribution in [0.25, 0.3) is 11.0 Å². The lowest BCUT2D eigenvalue weighted by molar-refractivity contribution is -0.111. The Morgan fingerprint density at radius 3 is 2.80 bits per heavy atom. The summed E-state index contributed by atoms with van der Waals surface area (Å²) >= 11 is 5.29. The second-order valence-electron chi connectivity index (χ2n) is 3.12. The van der Waals surface area contributed by atoms with Gasteiger partial charge >= 0.3 is 5.63 Å². The molecule has 0 N–H and O–H groups in total. The molecule has 4 heteroatoms. The van der Waals surface area contributed by atoms with Gasteiger partial charge in [-0.15, -0.1) is 0 Å². The van der Waals surface area contributed by atoms with Gasteiger partial charge in [0.05, 0.1) is 0 Å². The first-order valence-corrected chi connectivity index (χ1v) is 4.75. The molecule has 2 aromatic rings. The molecule has 0 saturated carbocycles. The monoisotopic (exact) mass is 222 g/mol. The van der Waals surface area contributed by atoms with E-state index in [-0.39, 0.29) is 6.42 Å². The van der Waals surface area contributed by atoms with Crippen LogP contribution in [0.5, 0.6) is 0 Å². The van der Waals surface area contributed by atoms with Crippen LogP contribution in [0, 0.1) is 0 Å². The van der Waals surface area contributed by atoms with Crippen molar-refractivity contribution in [3.8, 4) is 0 Å². The number of rotatable bonds is 2. The summed E-state index contributed by atoms with van der Waals surface area (Å²) in [5.74, 6) is 0. The van der Waals surface area contributed by atoms with Crippen molar-refractivity contribution in [3.05, 3.63) is 46.3 Å². The van der Waals surface area contributed by atoms with Crippen molar-refractivity contribution in [2.75, 3.05) is 0 Å². The Kier molecular flexibility index (Phi) is 2.56. The summed E-state index contributed by atoms with van der Waals surface area (Å²) in [6.45, 7) is 0. The Bertz CT molecular complexity index is 571. The molecule has 0 aliphatic heterocycles. The van der Waals surface area contributed by atoms with E-state index in [0.29, 0.717) is 11.1 Å². The minimum absolute atomic E-state index is 0.0354. The summed E-state index contributed by atoms with van der Waals surface area (Å²) in [6, 6.07) is 8.33. The summed E-state index contributed by atoms with van der Waals surface area (Å²) < 4.78 is 4.97. The number of benzene rings is 1. The summed E-state index contributed by atoms with van der Waals surface area (Å²) in [5, 5.41) is 0.247. The van der Waals surface area contributed by atoms with E-state index in [0.717, 1.165) is 5.39 Å². The normalized spacial score (nSPS) is 10.5. The molecule has 0 aliphatic carbocycles. The SMILES string of the molecule is O=C(Cl)Cc1cc(=O)oc2ccccc12. The molecule has 0 aliphatic rings. The molecule has 0 saturated heterocycles. The first-order chi connectivity index (χ1) is 7.16. The summed E-state index contributed by atoms with van der Waals surface area (Å²) in [5.41, 5.74) is 0.599. The lowest BCUT2D eigenvalue weighted by Crippen LogP contribution is -2.03. The number of para-hydroxylation sites is 1. The summed E-state index contributed by atoms with van der Waals surface area (Å²) in [7, 11) is 0. The molecular formula is C11H7ClO3. The van der Waals surface area contributed by atoms with E-state index in [1.165, 1.54) is 6.07 Å². The lowest BCUT2D eigenvalue weighted by Gasteiger charge is -2.01. The molecule has 1 heterocycles. The predicted molar refractivity (Wildman–Crippen MR) is 57.0 cm³/mol. The fourth-order valence-corrected chi connectivity index (χ4v) is 1.62. The highest BCUT2D eigenvalue weighted by Gasteiger charge is 2.07. The van der Waals surface area contributed by atoms with Crippen LogP contribution < -0.4 is 5.63 Å². The minimum Gasteiger partial charge on any atom is -0.423 e. The molecule has 2 rings (SSSR count). The average Bonchev–Trinajstić information content (AvgIpc) is 2.16. The number of hydrogen-bond acceptors (Lipinski definition) is 3. The molecular weight excluding hydrogens is 216 g/mol. The maximum atomic E-state index is 11.2. The molecule has 1 aromatic heterocycles. The van der Waals surface area contributed by atoms with Crippen molar-refractivity contribution in [2.24, 2.45) is 0 Å². The number of hydrogen-bond donors (Lipinski definition) is 0. The topological polar surface area (TPSA) is 47.3 Å². The molecule has 0 amide bonds. The largest absolute Gasteiger partial charge is 0.423 e. The third-order valence-electron chi connectivity index (χ3n) is 2.07. The molecule has 3 nitrogen and oxygen atoms in total. The highest BCUT2D eigenvalue weighted by atomic mass is 35.5. The minimum atomic E-state index is -0.495. The number of carbonyl (C=O) groups excluding carboxylic acids is 1. The zero-order chi connectivity index (χ0) is 10.8. The fourth-order valence-electron chi connectivity index (χ4n) is 1.47. The van der Waals surface area contributed by atoms with Crippen LogP contribution in [0.1, 0.15) is 5.56 Å². The number of carbonyl (C=O) groups is 1. The van der Waals surface area contributed by atoms with Gasteiger partial charge in [0.25, 0.3) is 0 Å². The molecule has 0 spiro atoms. The quantitative estimate of drug-likeness (QED) is 0.578. The fraction of sp³-hybridized carbons (Fsp3) is 0.0909. The van der Waals surface area contributed by atoms with Crippen LogP contribution in [0.3, 0.4) is 0 Å². The predicted octanol–water partition coefficient (Wildman–Crippen LogP) is 2.10. The standard InChI is InChI=1S/C11H7ClO3/c12-10(13)5-7-6-11(14)15-9-4-2-1-3-8(7)9/h1-4,6H,5H2. The average molecular weight is 223 g/mol. The molecule has 15 heavy (non-hydrogen) atoms. The van der Waals surface area contributed by atoms with Crippen LogP contribution in [0.15, 0.2) is 39.5 Å². The van der Waals surface area contributed by atoms with Crippen molar-refractivity contribution < 1.29 is 9.21 Å². The van der Waals surface area contributed by atoms with Crippen LogP contribution in [0.2, 0.25) is 0 Å². The zero-order valence-corrected chi connectivity index (χ0v) is 8.45. The van der Waals surface area contributed by atoms with Gasteiger partial charge < -0.3 is 4.42 Å². The van der Waals surface area contributed by atoms with E-state index in [1.807, 2.05) is 6.07 Å². The molecule has 0 bridgehead atoms. The van der Waals surface area contributed by atoms with Gasteiger partial charge in [-0.05, 0) is 23.2 Å². The van der Waals surface area contributed by atoms with E-state index in [9.17, 15) is 9.59 Å². The van der Waals surface area contributed by atoms with Crippen molar-refractivity contribution >= 4 is 27.8 Å². The van der Waals surface area contributed by atoms with E-state index in [4.69, 9.17) is 16.0 Å². The van der Waals surface area contributed by atoms with Gasteiger partial charge in [-0.25, -0.2) is 4.79 Å². The van der Waals surface area contributed by atoms with Crippen LogP contribution in [-0.2, 0) is 11.2 Å². The maximum Gasteiger partial charge on any atom is 0.336 e. The van der Waals surface area contributed by atoms with Gasteiger partial charge in [0, 0.05) is 17.9 Å². The van der Waals surface area contributed by atoms with Crippen molar-refractivity contribution in [3.63, 3.8) is 0 Å². The molecule has 1 aromatic carbocycles. The van der Waals surface area contributed by atoms with Gasteiger partial charge in [-0.3, -0.25) is 4.79 Å². The third kappa shape index (κ3) is 2.07. The first-order valence-electron chi connectivity index (χ1n) is 4.37. The van der Waals surface area contributed by atoms with Crippen molar-refractivity contribution in [1.82, 2.24) is 0 Å². The highest BCUT2D eigenvalue weighted by Crippen LogP contribution is 2.17. The zero-order valence-electron chi connectivity index (χ0n) is 7.70. The van der Waals surface area contributed by atoms with Crippen LogP contribution in [0.4, 0.5) is 0 Å². The summed E-state index contributed by atoms with van der Waals surface area (Å²) in [6.07, 6.45) is 0.0354. The maximum absolute atomic E-state index is 11.2. The Morgan fingerprint density at radius 1 is 1.33 bits per heavy atom. The number of fused-ring (bicyclic) bond motifs is 1. The van der Waals surface area contributed by atoms with Crippen LogP contribution >= 0.6 is 11.6 Å². The van der Waals surface area contributed by atoms with E-state index >= 15 is 0 Å². The van der Waals surface area contributed by atoms with Gasteiger partial charge in [-0.2, -0.15) is 0 Å². The third-order valence-corrected chi connectivity index (χ3v) is 2.20. The smallest absolute Gasteiger partial charge is 0.336 e. The number of halogens is 1. The van der Waals surface area contributed by atoms with Crippen molar-refractivity contribution in [1.29, 1.82) is 0 Å². The van der Waals surface area contributed by atoms with Gasteiger partial charge in [0.15, 0.2) is 0 Å². The Balaban J connectivity index is 2.71. The van der Waals surface area contributed by atoms with Crippen LogP contribution in [-0.4, -0.2) is 5.24 Å². The lowest BCUT2D eigenvalue weighted by atomic mass is 10.1. The summed E-state index contributed by atoms with van der Waals surface area (Å²) in [4.78, 5) is 22.0. The Hall–Kier alpha value is -1.61. The molecule has 0 atom stereocenters. The first kappa shape index (κ1) is 9.93. The molecule has 0 unspecified atom stereocenters. The second-order valence-corrected chi connectivity index (χ2v) is 3.54. The molecule has 0 fully saturated rings. The Morgan fingerprint density at radius 2 is 2.07 bits per heavy atom. The van der Waals surface area contributed by atoms with E-state index in [1.54, 1.807) is 18.2 Å².